The number of rotatable bonds is 14. The number of carbonyl (C=O) groups excluding carboxylic acids is 4. The molecule has 0 spiro atoms. The molecular weight excluding hydrogens is 528 g/mol. The van der Waals surface area contributed by atoms with E-state index >= 15 is 0 Å². The van der Waals surface area contributed by atoms with Gasteiger partial charge in [0.1, 0.15) is 0 Å². The fourth-order valence-electron chi connectivity index (χ4n) is 7.09. The van der Waals surface area contributed by atoms with Crippen molar-refractivity contribution in [2.75, 3.05) is 39.5 Å². The molecule has 0 heterocycles. The topological polar surface area (TPSA) is 129 Å². The van der Waals surface area contributed by atoms with Gasteiger partial charge in [0.05, 0.1) is 26.4 Å². The zero-order chi connectivity index (χ0) is 30.0. The fourth-order valence-corrected chi connectivity index (χ4v) is 7.09. The Morgan fingerprint density at radius 2 is 1.39 bits per heavy atom. The molecule has 0 aromatic carbocycles. The van der Waals surface area contributed by atoms with E-state index in [1.54, 1.807) is 6.92 Å². The Labute approximate surface area is 243 Å². The van der Waals surface area contributed by atoms with E-state index in [1.165, 1.54) is 6.42 Å². The summed E-state index contributed by atoms with van der Waals surface area (Å²) in [6.45, 7) is 14.9. The van der Waals surface area contributed by atoms with Crippen LogP contribution in [0.5, 0.6) is 0 Å². The van der Waals surface area contributed by atoms with Crippen LogP contribution in [0.3, 0.4) is 0 Å². The van der Waals surface area contributed by atoms with Gasteiger partial charge in [-0.25, -0.2) is 19.2 Å². The van der Waals surface area contributed by atoms with Crippen molar-refractivity contribution >= 4 is 24.1 Å². The molecule has 2 bridgehead atoms. The highest BCUT2D eigenvalue weighted by Crippen LogP contribution is 2.62. The Balaban J connectivity index is 1.37. The first-order valence-corrected chi connectivity index (χ1v) is 14.9. The number of ether oxygens (including phenoxy) is 4. The number of fused-ring (bicyclic) bond motifs is 5. The van der Waals surface area contributed by atoms with Gasteiger partial charge in [-0.05, 0) is 82.0 Å². The van der Waals surface area contributed by atoms with E-state index in [0.29, 0.717) is 68.4 Å². The van der Waals surface area contributed by atoms with Crippen molar-refractivity contribution in [3.63, 3.8) is 0 Å². The van der Waals surface area contributed by atoms with Crippen molar-refractivity contribution in [2.24, 2.45) is 34.5 Å². The highest BCUT2D eigenvalue weighted by molar-refractivity contribution is 5.86. The van der Waals surface area contributed by atoms with E-state index in [-0.39, 0.29) is 24.0 Å². The maximum atomic E-state index is 12.3. The van der Waals surface area contributed by atoms with Gasteiger partial charge < -0.3 is 29.6 Å². The lowest BCUT2D eigenvalue weighted by Crippen LogP contribution is -2.38. The summed E-state index contributed by atoms with van der Waals surface area (Å²) < 4.78 is 21.2. The molecule has 3 aliphatic rings. The minimum atomic E-state index is -0.473. The van der Waals surface area contributed by atoms with Crippen LogP contribution in [0.4, 0.5) is 9.59 Å². The quantitative estimate of drug-likeness (QED) is 0.129. The Hall–Kier alpha value is -3.04. The molecule has 6 atom stereocenters. The molecule has 0 aliphatic heterocycles. The zero-order valence-corrected chi connectivity index (χ0v) is 25.0. The van der Waals surface area contributed by atoms with Gasteiger partial charge in [0.15, 0.2) is 0 Å². The lowest BCUT2D eigenvalue weighted by Gasteiger charge is -2.41. The molecular formula is C31H48N2O8. The van der Waals surface area contributed by atoms with Crippen molar-refractivity contribution in [1.82, 2.24) is 10.6 Å². The van der Waals surface area contributed by atoms with Crippen molar-refractivity contribution < 1.29 is 38.1 Å². The number of nitrogens with one attached hydrogen (secondary N) is 2. The molecule has 230 valence electrons. The third-order valence-corrected chi connectivity index (χ3v) is 8.96. The molecule has 3 rings (SSSR count). The molecule has 3 fully saturated rings. The number of hydrogen-bond acceptors (Lipinski definition) is 8. The van der Waals surface area contributed by atoms with E-state index in [1.807, 2.05) is 0 Å². The molecule has 10 nitrogen and oxygen atoms in total. The fraction of sp³-hybridized carbons (Fsp3) is 0.742. The second-order valence-electron chi connectivity index (χ2n) is 12.9. The van der Waals surface area contributed by atoms with Gasteiger partial charge in [0.25, 0.3) is 0 Å². The standard InChI is InChI=1S/C31H48N2O8/c1-6-26(34)38-13-7-11-32-29(37)41-20-31(5)16-22-15-23(17-31)25-18-30(4,10-9-24(22)25)19-40-28(36)33-12-8-14-39-27(35)21(2)3/h6,22-25H,1-2,7-20H2,3-5H3,(H,32,37)(H,33,36). The summed E-state index contributed by atoms with van der Waals surface area (Å²) >= 11 is 0. The maximum absolute atomic E-state index is 12.3. The van der Waals surface area contributed by atoms with Gasteiger partial charge in [-0.3, -0.25) is 0 Å². The number of alkyl carbamates (subject to hydrolysis) is 2. The summed E-state index contributed by atoms with van der Waals surface area (Å²) in [6, 6.07) is 0. The van der Waals surface area contributed by atoms with Crippen LogP contribution in [0.1, 0.15) is 72.1 Å². The predicted octanol–water partition coefficient (Wildman–Crippen LogP) is 4.93. The molecule has 2 amide bonds. The first kappa shape index (κ1) is 32.5. The first-order chi connectivity index (χ1) is 19.4. The highest BCUT2D eigenvalue weighted by atomic mass is 16.6. The van der Waals surface area contributed by atoms with Crippen LogP contribution >= 0.6 is 0 Å². The van der Waals surface area contributed by atoms with E-state index in [9.17, 15) is 19.2 Å². The third-order valence-electron chi connectivity index (χ3n) is 8.96. The lowest BCUT2D eigenvalue weighted by molar-refractivity contribution is -0.139. The molecule has 0 aromatic heterocycles. The van der Waals surface area contributed by atoms with Crippen LogP contribution in [0, 0.1) is 34.5 Å². The summed E-state index contributed by atoms with van der Waals surface area (Å²) in [5.74, 6) is 1.61. The monoisotopic (exact) mass is 576 g/mol. The molecule has 3 saturated carbocycles. The van der Waals surface area contributed by atoms with E-state index < -0.39 is 24.1 Å². The summed E-state index contributed by atoms with van der Waals surface area (Å²) in [5, 5.41) is 5.47. The predicted molar refractivity (Wildman–Crippen MR) is 153 cm³/mol. The second kappa shape index (κ2) is 14.7. The van der Waals surface area contributed by atoms with Crippen molar-refractivity contribution in [3.8, 4) is 0 Å². The van der Waals surface area contributed by atoms with Crippen LogP contribution in [-0.4, -0.2) is 63.6 Å². The Kier molecular flexibility index (Phi) is 11.7. The number of hydrogen-bond donors (Lipinski definition) is 2. The maximum Gasteiger partial charge on any atom is 0.407 e. The molecule has 3 aliphatic carbocycles. The van der Waals surface area contributed by atoms with Crippen molar-refractivity contribution in [2.45, 2.75) is 72.1 Å². The molecule has 0 radical (unpaired) electrons. The average Bonchev–Trinajstić information content (AvgIpc) is 3.18. The Morgan fingerprint density at radius 1 is 0.829 bits per heavy atom. The normalized spacial score (nSPS) is 29.8. The summed E-state index contributed by atoms with van der Waals surface area (Å²) in [5.41, 5.74) is 0.248. The molecule has 41 heavy (non-hydrogen) atoms. The molecule has 2 N–H and O–H groups in total. The molecule has 10 heteroatoms. The largest absolute Gasteiger partial charge is 0.462 e. The van der Waals surface area contributed by atoms with Crippen molar-refractivity contribution in [1.29, 1.82) is 0 Å². The van der Waals surface area contributed by atoms with Gasteiger partial charge >= 0.3 is 24.1 Å². The summed E-state index contributed by atoms with van der Waals surface area (Å²) in [4.78, 5) is 47.0. The van der Waals surface area contributed by atoms with Crippen LogP contribution in [0.25, 0.3) is 0 Å². The van der Waals surface area contributed by atoms with E-state index in [0.717, 1.165) is 38.2 Å². The zero-order valence-electron chi connectivity index (χ0n) is 25.0. The highest BCUT2D eigenvalue weighted by Gasteiger charge is 2.55. The minimum Gasteiger partial charge on any atom is -0.462 e. The summed E-state index contributed by atoms with van der Waals surface area (Å²) in [6.07, 6.45) is 7.78. The smallest absolute Gasteiger partial charge is 0.407 e. The number of amides is 2. The number of carbonyl (C=O) groups is 4. The average molecular weight is 577 g/mol. The van der Waals surface area contributed by atoms with Crippen LogP contribution < -0.4 is 10.6 Å². The van der Waals surface area contributed by atoms with E-state index in [2.05, 4.69) is 37.6 Å². The first-order valence-electron chi connectivity index (χ1n) is 14.9. The Morgan fingerprint density at radius 3 is 1.98 bits per heavy atom. The van der Waals surface area contributed by atoms with E-state index in [4.69, 9.17) is 18.9 Å². The third kappa shape index (κ3) is 9.78. The number of esters is 2. The van der Waals surface area contributed by atoms with Gasteiger partial charge in [-0.2, -0.15) is 0 Å². The molecule has 6 unspecified atom stereocenters. The van der Waals surface area contributed by atoms with Gasteiger partial charge in [-0.15, -0.1) is 0 Å². The van der Waals surface area contributed by atoms with Crippen LogP contribution in [0.2, 0.25) is 0 Å². The minimum absolute atomic E-state index is 0.0484. The van der Waals surface area contributed by atoms with Gasteiger partial charge in [0.2, 0.25) is 0 Å². The molecule has 0 aromatic rings. The molecule has 0 saturated heterocycles. The van der Waals surface area contributed by atoms with Crippen LogP contribution in [0.15, 0.2) is 24.8 Å². The summed E-state index contributed by atoms with van der Waals surface area (Å²) in [7, 11) is 0. The van der Waals surface area contributed by atoms with Crippen molar-refractivity contribution in [3.05, 3.63) is 24.8 Å². The second-order valence-corrected chi connectivity index (χ2v) is 12.9. The van der Waals surface area contributed by atoms with Gasteiger partial charge in [-0.1, -0.05) is 27.0 Å². The van der Waals surface area contributed by atoms with Gasteiger partial charge in [0, 0.05) is 35.6 Å². The van der Waals surface area contributed by atoms with Crippen LogP contribution in [-0.2, 0) is 28.5 Å². The SMILES string of the molecule is C=CC(=O)OCCCNC(=O)OCC1(C)CC2CC(C1)C1CC(C)(COC(=O)NCCCOC(=O)C(=C)C)CCC21. The Bertz CT molecular complexity index is 983. The lowest BCUT2D eigenvalue weighted by atomic mass is 9.65.